The zero-order valence-corrected chi connectivity index (χ0v) is 13.1. The molecule has 0 amide bonds. The van der Waals surface area contributed by atoms with Crippen LogP contribution in [0, 0.1) is 0 Å². The summed E-state index contributed by atoms with van der Waals surface area (Å²) in [6.45, 7) is 6.19. The number of aryl methyl sites for hydroxylation is 1. The van der Waals surface area contributed by atoms with Gasteiger partial charge in [-0.3, -0.25) is 0 Å². The molecule has 1 aromatic rings. The molecule has 2 rings (SSSR count). The van der Waals surface area contributed by atoms with Crippen molar-refractivity contribution in [2.75, 3.05) is 19.6 Å². The summed E-state index contributed by atoms with van der Waals surface area (Å²) in [6.07, 6.45) is 2.95. The molecule has 1 unspecified atom stereocenters. The Balaban J connectivity index is 2.23. The minimum Gasteiger partial charge on any atom is -0.315 e. The Morgan fingerprint density at radius 1 is 1.25 bits per heavy atom. The fourth-order valence-electron chi connectivity index (χ4n) is 2.76. The van der Waals surface area contributed by atoms with E-state index in [1.165, 1.54) is 5.56 Å². The number of benzene rings is 1. The van der Waals surface area contributed by atoms with Gasteiger partial charge in [0, 0.05) is 19.1 Å². The molecule has 1 fully saturated rings. The Kier molecular flexibility index (Phi) is 5.18. The lowest BCUT2D eigenvalue weighted by atomic mass is 10.1. The van der Waals surface area contributed by atoms with E-state index >= 15 is 0 Å². The molecule has 1 atom stereocenters. The van der Waals surface area contributed by atoms with Crippen molar-refractivity contribution in [1.29, 1.82) is 0 Å². The summed E-state index contributed by atoms with van der Waals surface area (Å²) in [5.41, 5.74) is 1.19. The molecule has 0 saturated carbocycles. The zero-order chi connectivity index (χ0) is 14.6. The van der Waals surface area contributed by atoms with Crippen LogP contribution in [0.25, 0.3) is 0 Å². The van der Waals surface area contributed by atoms with Crippen molar-refractivity contribution in [3.05, 3.63) is 29.8 Å². The summed E-state index contributed by atoms with van der Waals surface area (Å²) in [5, 5.41) is 3.23. The predicted octanol–water partition coefficient (Wildman–Crippen LogP) is 2.01. The second-order valence-electron chi connectivity index (χ2n) is 5.25. The summed E-state index contributed by atoms with van der Waals surface area (Å²) in [7, 11) is -3.37. The van der Waals surface area contributed by atoms with Crippen molar-refractivity contribution in [1.82, 2.24) is 9.62 Å². The molecule has 0 radical (unpaired) electrons. The van der Waals surface area contributed by atoms with Crippen molar-refractivity contribution in [2.24, 2.45) is 0 Å². The molecular formula is C15H24N2O2S. The summed E-state index contributed by atoms with van der Waals surface area (Å²) >= 11 is 0. The highest BCUT2D eigenvalue weighted by atomic mass is 32.2. The van der Waals surface area contributed by atoms with Crippen molar-refractivity contribution in [3.8, 4) is 0 Å². The summed E-state index contributed by atoms with van der Waals surface area (Å²) in [5.74, 6) is 0. The van der Waals surface area contributed by atoms with Crippen LogP contribution in [-0.2, 0) is 16.4 Å². The Hall–Kier alpha value is -0.910. The quantitative estimate of drug-likeness (QED) is 0.873. The third kappa shape index (κ3) is 3.22. The Morgan fingerprint density at radius 3 is 2.45 bits per heavy atom. The van der Waals surface area contributed by atoms with Gasteiger partial charge in [0.15, 0.2) is 0 Å². The largest absolute Gasteiger partial charge is 0.315 e. The fourth-order valence-corrected chi connectivity index (χ4v) is 4.42. The summed E-state index contributed by atoms with van der Waals surface area (Å²) in [4.78, 5) is 0.408. The van der Waals surface area contributed by atoms with Crippen LogP contribution in [0.5, 0.6) is 0 Å². The number of likely N-dealkylation sites (N-methyl/N-ethyl adjacent to an activating group) is 1. The highest BCUT2D eigenvalue weighted by molar-refractivity contribution is 7.89. The minimum atomic E-state index is -3.37. The fraction of sp³-hybridized carbons (Fsp3) is 0.600. The molecule has 1 N–H and O–H groups in total. The van der Waals surface area contributed by atoms with Crippen LogP contribution in [-0.4, -0.2) is 38.4 Å². The molecule has 1 saturated heterocycles. The van der Waals surface area contributed by atoms with Crippen molar-refractivity contribution in [2.45, 2.75) is 44.0 Å². The van der Waals surface area contributed by atoms with E-state index in [0.717, 1.165) is 32.4 Å². The van der Waals surface area contributed by atoms with Gasteiger partial charge in [0.2, 0.25) is 10.0 Å². The molecule has 1 heterocycles. The van der Waals surface area contributed by atoms with Gasteiger partial charge in [-0.25, -0.2) is 8.42 Å². The van der Waals surface area contributed by atoms with Gasteiger partial charge in [-0.2, -0.15) is 4.31 Å². The van der Waals surface area contributed by atoms with E-state index in [1.807, 2.05) is 19.1 Å². The van der Waals surface area contributed by atoms with Gasteiger partial charge in [0.25, 0.3) is 0 Å². The highest BCUT2D eigenvalue weighted by Gasteiger charge is 2.31. The van der Waals surface area contributed by atoms with E-state index in [-0.39, 0.29) is 6.04 Å². The first-order chi connectivity index (χ1) is 9.59. The molecule has 4 nitrogen and oxygen atoms in total. The average molecular weight is 296 g/mol. The van der Waals surface area contributed by atoms with Crippen LogP contribution in [0.15, 0.2) is 29.2 Å². The van der Waals surface area contributed by atoms with Gasteiger partial charge < -0.3 is 5.32 Å². The maximum absolute atomic E-state index is 12.7. The topological polar surface area (TPSA) is 49.4 Å². The Labute approximate surface area is 122 Å². The molecule has 0 aromatic heterocycles. The van der Waals surface area contributed by atoms with Crippen LogP contribution in [0.3, 0.4) is 0 Å². The van der Waals surface area contributed by atoms with Gasteiger partial charge in [0.1, 0.15) is 0 Å². The first kappa shape index (κ1) is 15.5. The van der Waals surface area contributed by atoms with E-state index in [1.54, 1.807) is 16.4 Å². The lowest BCUT2D eigenvalue weighted by Gasteiger charge is -2.26. The summed E-state index contributed by atoms with van der Waals surface area (Å²) in [6, 6.07) is 7.42. The number of rotatable bonds is 6. The van der Waals surface area contributed by atoms with Gasteiger partial charge in [-0.15, -0.1) is 0 Å². The van der Waals surface area contributed by atoms with E-state index in [2.05, 4.69) is 12.2 Å². The molecule has 5 heteroatoms. The van der Waals surface area contributed by atoms with Gasteiger partial charge in [0.05, 0.1) is 4.90 Å². The predicted molar refractivity (Wildman–Crippen MR) is 81.3 cm³/mol. The van der Waals surface area contributed by atoms with Crippen molar-refractivity contribution in [3.63, 3.8) is 0 Å². The smallest absolute Gasteiger partial charge is 0.243 e. The molecule has 0 bridgehead atoms. The highest BCUT2D eigenvalue weighted by Crippen LogP contribution is 2.21. The van der Waals surface area contributed by atoms with E-state index in [9.17, 15) is 8.42 Å². The second-order valence-corrected chi connectivity index (χ2v) is 7.14. The van der Waals surface area contributed by atoms with E-state index < -0.39 is 10.0 Å². The Morgan fingerprint density at radius 2 is 1.95 bits per heavy atom. The van der Waals surface area contributed by atoms with Crippen LogP contribution >= 0.6 is 0 Å². The normalized spacial score (nSPS) is 19.6. The molecular weight excluding hydrogens is 272 g/mol. The van der Waals surface area contributed by atoms with Crippen LogP contribution in [0.2, 0.25) is 0 Å². The molecule has 0 aliphatic carbocycles. The van der Waals surface area contributed by atoms with Crippen LogP contribution < -0.4 is 5.32 Å². The number of sulfonamides is 1. The molecule has 1 aliphatic heterocycles. The molecule has 1 aliphatic rings. The van der Waals surface area contributed by atoms with E-state index in [0.29, 0.717) is 11.4 Å². The standard InChI is InChI=1S/C15H24N2O2S/c1-3-5-13-6-8-15(9-7-13)20(18,19)17(4-2)14-10-11-16-12-14/h6-9,14,16H,3-5,10-12H2,1-2H3. The molecule has 20 heavy (non-hydrogen) atoms. The average Bonchev–Trinajstić information content (AvgIpc) is 2.94. The molecule has 0 spiro atoms. The van der Waals surface area contributed by atoms with Crippen LogP contribution in [0.1, 0.15) is 32.3 Å². The number of hydrogen-bond donors (Lipinski definition) is 1. The monoisotopic (exact) mass is 296 g/mol. The number of nitrogens with one attached hydrogen (secondary N) is 1. The van der Waals surface area contributed by atoms with Crippen molar-refractivity contribution >= 4 is 10.0 Å². The van der Waals surface area contributed by atoms with E-state index in [4.69, 9.17) is 0 Å². The summed E-state index contributed by atoms with van der Waals surface area (Å²) < 4.78 is 27.1. The maximum atomic E-state index is 12.7. The maximum Gasteiger partial charge on any atom is 0.243 e. The third-order valence-corrected chi connectivity index (χ3v) is 5.86. The first-order valence-corrected chi connectivity index (χ1v) is 8.85. The van der Waals surface area contributed by atoms with Crippen molar-refractivity contribution < 1.29 is 8.42 Å². The lowest BCUT2D eigenvalue weighted by Crippen LogP contribution is -2.41. The van der Waals surface area contributed by atoms with Gasteiger partial charge in [-0.05, 0) is 37.1 Å². The van der Waals surface area contributed by atoms with Gasteiger partial charge >= 0.3 is 0 Å². The minimum absolute atomic E-state index is 0.0836. The van der Waals surface area contributed by atoms with Gasteiger partial charge in [-0.1, -0.05) is 32.4 Å². The second kappa shape index (κ2) is 6.70. The Bertz CT molecular complexity index is 519. The molecule has 1 aromatic carbocycles. The number of nitrogens with zero attached hydrogens (tertiary/aromatic N) is 1. The van der Waals surface area contributed by atoms with Crippen LogP contribution in [0.4, 0.5) is 0 Å². The molecule has 112 valence electrons. The third-order valence-electron chi connectivity index (χ3n) is 3.82. The lowest BCUT2D eigenvalue weighted by molar-refractivity contribution is 0.349. The first-order valence-electron chi connectivity index (χ1n) is 7.41. The SMILES string of the molecule is CCCc1ccc(S(=O)(=O)N(CC)C2CCNC2)cc1. The zero-order valence-electron chi connectivity index (χ0n) is 12.3. The number of hydrogen-bond acceptors (Lipinski definition) is 3.